The van der Waals surface area contributed by atoms with Gasteiger partial charge >= 0.3 is 0 Å². The van der Waals surface area contributed by atoms with Crippen molar-refractivity contribution in [3.05, 3.63) is 30.3 Å². The molecule has 1 unspecified atom stereocenters. The zero-order chi connectivity index (χ0) is 15.6. The van der Waals surface area contributed by atoms with Gasteiger partial charge in [-0.3, -0.25) is 4.99 Å². The lowest BCUT2D eigenvalue weighted by Gasteiger charge is -2.20. The normalized spacial score (nSPS) is 17.5. The molecule has 1 heterocycles. The van der Waals surface area contributed by atoms with Crippen LogP contribution in [-0.4, -0.2) is 52.4 Å². The van der Waals surface area contributed by atoms with Crippen LogP contribution in [0.4, 0.5) is 5.69 Å². The maximum atomic E-state index is 5.60. The van der Waals surface area contributed by atoms with E-state index in [0.717, 1.165) is 45.0 Å². The van der Waals surface area contributed by atoms with Gasteiger partial charge in [0.25, 0.3) is 0 Å². The Morgan fingerprint density at radius 2 is 2.09 bits per heavy atom. The number of para-hydroxylation sites is 1. The Kier molecular flexibility index (Phi) is 10.0. The fraction of sp³-hybridized carbons (Fsp3) is 0.588. The number of ether oxygens (including phenoxy) is 1. The van der Waals surface area contributed by atoms with Gasteiger partial charge in [-0.25, -0.2) is 0 Å². The van der Waals surface area contributed by atoms with Crippen molar-refractivity contribution in [2.75, 3.05) is 45.2 Å². The van der Waals surface area contributed by atoms with Gasteiger partial charge in [0.05, 0.1) is 6.10 Å². The molecule has 5 nitrogen and oxygen atoms in total. The maximum Gasteiger partial charge on any atom is 0.191 e. The minimum absolute atomic E-state index is 0. The summed E-state index contributed by atoms with van der Waals surface area (Å²) in [7, 11) is 3.93. The topological polar surface area (TPSA) is 48.9 Å². The lowest BCUT2D eigenvalue weighted by Crippen LogP contribution is -2.41. The fourth-order valence-corrected chi connectivity index (χ4v) is 2.57. The summed E-state index contributed by atoms with van der Waals surface area (Å²) in [5.74, 6) is 0.859. The average molecular weight is 432 g/mol. The molecule has 6 heteroatoms. The highest BCUT2D eigenvalue weighted by atomic mass is 127. The Labute approximate surface area is 156 Å². The maximum absolute atomic E-state index is 5.60. The van der Waals surface area contributed by atoms with Crippen molar-refractivity contribution < 1.29 is 4.74 Å². The largest absolute Gasteiger partial charge is 0.376 e. The Balaban J connectivity index is 0.00000264. The number of benzene rings is 1. The van der Waals surface area contributed by atoms with Gasteiger partial charge in [0.2, 0.25) is 0 Å². The minimum atomic E-state index is 0. The smallest absolute Gasteiger partial charge is 0.191 e. The van der Waals surface area contributed by atoms with Crippen molar-refractivity contribution in [3.8, 4) is 0 Å². The Morgan fingerprint density at radius 1 is 1.30 bits per heavy atom. The van der Waals surface area contributed by atoms with Gasteiger partial charge in [-0.2, -0.15) is 0 Å². The molecule has 1 aliphatic heterocycles. The highest BCUT2D eigenvalue weighted by Crippen LogP contribution is 2.11. The first-order valence-electron chi connectivity index (χ1n) is 8.12. The summed E-state index contributed by atoms with van der Waals surface area (Å²) in [6, 6.07) is 10.5. The Morgan fingerprint density at radius 3 is 2.74 bits per heavy atom. The molecule has 0 aliphatic carbocycles. The minimum Gasteiger partial charge on any atom is -0.376 e. The summed E-state index contributed by atoms with van der Waals surface area (Å²) in [4.78, 5) is 6.52. The lowest BCUT2D eigenvalue weighted by atomic mass is 10.2. The monoisotopic (exact) mass is 432 g/mol. The van der Waals surface area contributed by atoms with Crippen molar-refractivity contribution >= 4 is 35.6 Å². The summed E-state index contributed by atoms with van der Waals surface area (Å²) in [6.45, 7) is 3.65. The van der Waals surface area contributed by atoms with Crippen molar-refractivity contribution in [2.24, 2.45) is 4.99 Å². The quantitative estimate of drug-likeness (QED) is 0.301. The molecule has 0 bridgehead atoms. The predicted octanol–water partition coefficient (Wildman–Crippen LogP) is 2.47. The second-order valence-electron chi connectivity index (χ2n) is 5.63. The average Bonchev–Trinajstić information content (AvgIpc) is 3.08. The SMILES string of the molecule is CN=C(NCCCN(C)c1ccccc1)NCC1CCCO1.I. The van der Waals surface area contributed by atoms with E-state index < -0.39 is 0 Å². The Hall–Kier alpha value is -1.02. The van der Waals surface area contributed by atoms with E-state index in [0.29, 0.717) is 6.10 Å². The molecule has 130 valence electrons. The molecular weight excluding hydrogens is 403 g/mol. The number of nitrogens with zero attached hydrogens (tertiary/aromatic N) is 2. The van der Waals surface area contributed by atoms with Gasteiger partial charge in [-0.05, 0) is 31.4 Å². The number of hydrogen-bond acceptors (Lipinski definition) is 3. The standard InChI is InChI=1S/C17H28N4O.HI/c1-18-17(20-14-16-10-6-13-22-16)19-11-7-12-21(2)15-8-4-3-5-9-15;/h3-5,8-9,16H,6-7,10-14H2,1-2H3,(H2,18,19,20);1H. The van der Waals surface area contributed by atoms with Gasteiger partial charge in [-0.1, -0.05) is 18.2 Å². The molecule has 0 spiro atoms. The summed E-state index contributed by atoms with van der Waals surface area (Å²) in [5, 5.41) is 6.69. The van der Waals surface area contributed by atoms with E-state index >= 15 is 0 Å². The lowest BCUT2D eigenvalue weighted by molar-refractivity contribution is 0.114. The zero-order valence-corrected chi connectivity index (χ0v) is 16.5. The predicted molar refractivity (Wildman–Crippen MR) is 108 cm³/mol. The molecule has 1 aromatic rings. The number of nitrogens with one attached hydrogen (secondary N) is 2. The summed E-state index contributed by atoms with van der Waals surface area (Å²) >= 11 is 0. The van der Waals surface area contributed by atoms with Crippen LogP contribution in [0.25, 0.3) is 0 Å². The third-order valence-electron chi connectivity index (χ3n) is 3.90. The molecule has 1 aliphatic rings. The molecule has 0 aromatic heterocycles. The van der Waals surface area contributed by atoms with Crippen LogP contribution < -0.4 is 15.5 Å². The van der Waals surface area contributed by atoms with E-state index in [1.165, 1.54) is 12.1 Å². The highest BCUT2D eigenvalue weighted by molar-refractivity contribution is 14.0. The molecule has 0 amide bonds. The van der Waals surface area contributed by atoms with Crippen molar-refractivity contribution in [1.82, 2.24) is 10.6 Å². The second kappa shape index (κ2) is 11.5. The molecule has 1 fully saturated rings. The fourth-order valence-electron chi connectivity index (χ4n) is 2.57. The third kappa shape index (κ3) is 7.39. The van der Waals surface area contributed by atoms with Crippen LogP contribution in [-0.2, 0) is 4.74 Å². The number of halogens is 1. The molecule has 23 heavy (non-hydrogen) atoms. The van der Waals surface area contributed by atoms with Crippen LogP contribution >= 0.6 is 24.0 Å². The van der Waals surface area contributed by atoms with E-state index in [4.69, 9.17) is 4.74 Å². The molecule has 2 rings (SSSR count). The van der Waals surface area contributed by atoms with Crippen LogP contribution in [0.5, 0.6) is 0 Å². The second-order valence-corrected chi connectivity index (χ2v) is 5.63. The summed E-state index contributed by atoms with van der Waals surface area (Å²) in [5.41, 5.74) is 1.25. The summed E-state index contributed by atoms with van der Waals surface area (Å²) < 4.78 is 5.60. The van der Waals surface area contributed by atoms with E-state index in [-0.39, 0.29) is 24.0 Å². The van der Waals surface area contributed by atoms with Gasteiger partial charge in [-0.15, -0.1) is 24.0 Å². The molecule has 1 saturated heterocycles. The van der Waals surface area contributed by atoms with Crippen LogP contribution in [0, 0.1) is 0 Å². The van der Waals surface area contributed by atoms with Gasteiger partial charge in [0.1, 0.15) is 0 Å². The van der Waals surface area contributed by atoms with Crippen LogP contribution in [0.15, 0.2) is 35.3 Å². The third-order valence-corrected chi connectivity index (χ3v) is 3.90. The van der Waals surface area contributed by atoms with Gasteiger partial charge in [0.15, 0.2) is 5.96 Å². The van der Waals surface area contributed by atoms with Crippen LogP contribution in [0.1, 0.15) is 19.3 Å². The van der Waals surface area contributed by atoms with E-state index in [9.17, 15) is 0 Å². The van der Waals surface area contributed by atoms with Crippen molar-refractivity contribution in [2.45, 2.75) is 25.4 Å². The van der Waals surface area contributed by atoms with Gasteiger partial charge < -0.3 is 20.3 Å². The van der Waals surface area contributed by atoms with E-state index in [2.05, 4.69) is 51.8 Å². The number of hydrogen-bond donors (Lipinski definition) is 2. The van der Waals surface area contributed by atoms with E-state index in [1.54, 1.807) is 7.05 Å². The number of rotatable bonds is 7. The first kappa shape index (κ1) is 20.0. The zero-order valence-electron chi connectivity index (χ0n) is 14.1. The number of guanidine groups is 1. The van der Waals surface area contributed by atoms with Gasteiger partial charge in [0, 0.05) is 46.0 Å². The Bertz CT molecular complexity index is 449. The highest BCUT2D eigenvalue weighted by Gasteiger charge is 2.15. The molecule has 1 atom stereocenters. The molecule has 0 radical (unpaired) electrons. The van der Waals surface area contributed by atoms with Crippen LogP contribution in [0.3, 0.4) is 0 Å². The van der Waals surface area contributed by atoms with E-state index in [1.807, 2.05) is 6.07 Å². The summed E-state index contributed by atoms with van der Waals surface area (Å²) in [6.07, 6.45) is 3.71. The first-order valence-corrected chi connectivity index (χ1v) is 8.12. The molecule has 1 aromatic carbocycles. The van der Waals surface area contributed by atoms with Crippen molar-refractivity contribution in [3.63, 3.8) is 0 Å². The van der Waals surface area contributed by atoms with Crippen LogP contribution in [0.2, 0.25) is 0 Å². The first-order chi connectivity index (χ1) is 10.8. The molecular formula is C17H29IN4O. The van der Waals surface area contributed by atoms with Crippen molar-refractivity contribution in [1.29, 1.82) is 0 Å². The molecule has 0 saturated carbocycles. The number of aliphatic imine (C=N–C) groups is 1. The molecule has 2 N–H and O–H groups in total. The number of anilines is 1.